The molecule has 10 nitrogen and oxygen atoms in total. The van der Waals surface area contributed by atoms with Gasteiger partial charge < -0.3 is 30.6 Å². The maximum Gasteiger partial charge on any atom is 0.261 e. The number of aliphatic hydroxyl groups is 2. The van der Waals surface area contributed by atoms with Gasteiger partial charge in [-0.25, -0.2) is 0 Å². The Kier molecular flexibility index (Phi) is 18.5. The van der Waals surface area contributed by atoms with Crippen LogP contribution in [0.2, 0.25) is 0 Å². The zero-order chi connectivity index (χ0) is 49.3. The van der Waals surface area contributed by atoms with Crippen LogP contribution in [0, 0.1) is 5.92 Å². The smallest absolute Gasteiger partial charge is 0.261 e. The number of aliphatic hydroxyl groups excluding tert-OH is 1. The van der Waals surface area contributed by atoms with Crippen LogP contribution in [0.4, 0.5) is 11.4 Å². The number of para-hydroxylation sites is 2. The second kappa shape index (κ2) is 25.7. The zero-order valence-corrected chi connectivity index (χ0v) is 41.6. The monoisotopic (exact) mass is 955 g/mol. The minimum absolute atomic E-state index is 0.0584. The van der Waals surface area contributed by atoms with Crippen LogP contribution in [0.1, 0.15) is 84.4 Å². The van der Waals surface area contributed by atoms with Crippen molar-refractivity contribution in [2.45, 2.75) is 63.1 Å². The number of aryl methyl sites for hydroxylation is 1. The lowest BCUT2D eigenvalue weighted by Crippen LogP contribution is -2.48. The first kappa shape index (κ1) is 51.1. The van der Waals surface area contributed by atoms with Crippen LogP contribution in [-0.4, -0.2) is 110 Å². The number of nitrogens with zero attached hydrogens (tertiary/aromatic N) is 4. The molecule has 6 aromatic carbocycles. The van der Waals surface area contributed by atoms with E-state index in [1.165, 1.54) is 16.9 Å². The molecule has 1 atom stereocenters. The first-order valence-electron chi connectivity index (χ1n) is 26.1. The number of hydrogen-bond donors (Lipinski definition) is 4. The molecule has 0 spiro atoms. The molecule has 6 aromatic rings. The fourth-order valence-corrected chi connectivity index (χ4v) is 10.2. The fourth-order valence-electron chi connectivity index (χ4n) is 10.2. The summed E-state index contributed by atoms with van der Waals surface area (Å²) in [7, 11) is 0. The molecule has 1 unspecified atom stereocenters. The second-order valence-corrected chi connectivity index (χ2v) is 19.3. The first-order valence-corrected chi connectivity index (χ1v) is 26.1. The van der Waals surface area contributed by atoms with E-state index in [4.69, 9.17) is 0 Å². The minimum Gasteiger partial charge on any atom is -0.388 e. The number of carbonyl (C=O) groups is 2. The highest BCUT2D eigenvalue weighted by molar-refractivity contribution is 5.90. The molecule has 4 N–H and O–H groups in total. The summed E-state index contributed by atoms with van der Waals surface area (Å²) in [6, 6.07) is 55.5. The quantitative estimate of drug-likeness (QED) is 0.0563. The molecule has 0 bridgehead atoms. The maximum absolute atomic E-state index is 13.2. The topological polar surface area (TPSA) is 112 Å². The molecular formula is C61H74N6O4. The summed E-state index contributed by atoms with van der Waals surface area (Å²) in [4.78, 5) is 36.3. The molecule has 9 rings (SSSR count). The van der Waals surface area contributed by atoms with Crippen molar-refractivity contribution in [1.29, 1.82) is 0 Å². The molecule has 2 amide bonds. The van der Waals surface area contributed by atoms with Crippen LogP contribution in [0.5, 0.6) is 0 Å². The van der Waals surface area contributed by atoms with Crippen molar-refractivity contribution in [2.75, 3.05) is 88.3 Å². The average molecular weight is 955 g/mol. The van der Waals surface area contributed by atoms with Crippen LogP contribution in [0.25, 0.3) is 0 Å². The molecule has 10 heteroatoms. The lowest BCUT2D eigenvalue weighted by atomic mass is 9.85. The number of carbonyl (C=O) groups excluding carboxylic acids is 2. The van der Waals surface area contributed by atoms with Gasteiger partial charge in [0, 0.05) is 82.4 Å². The van der Waals surface area contributed by atoms with Gasteiger partial charge in [0.1, 0.15) is 0 Å². The fraction of sp³-hybridized carbons (Fsp3) is 0.377. The summed E-state index contributed by atoms with van der Waals surface area (Å²) >= 11 is 0. The van der Waals surface area contributed by atoms with Gasteiger partial charge in [0.2, 0.25) is 5.91 Å². The summed E-state index contributed by atoms with van der Waals surface area (Å²) in [6.07, 6.45) is 5.99. The molecule has 1 saturated carbocycles. The highest BCUT2D eigenvalue weighted by Gasteiger charge is 2.39. The van der Waals surface area contributed by atoms with Gasteiger partial charge in [-0.3, -0.25) is 19.4 Å². The Labute approximate surface area is 422 Å². The highest BCUT2D eigenvalue weighted by atomic mass is 16.3. The zero-order valence-electron chi connectivity index (χ0n) is 41.6. The predicted octanol–water partition coefficient (Wildman–Crippen LogP) is 8.79. The van der Waals surface area contributed by atoms with Crippen molar-refractivity contribution in [3.8, 4) is 0 Å². The number of benzene rings is 6. The average Bonchev–Trinajstić information content (AvgIpc) is 4.29. The van der Waals surface area contributed by atoms with E-state index >= 15 is 0 Å². The van der Waals surface area contributed by atoms with Crippen LogP contribution in [0.15, 0.2) is 170 Å². The third-order valence-corrected chi connectivity index (χ3v) is 14.4. The minimum atomic E-state index is -1.71. The predicted molar refractivity (Wildman–Crippen MR) is 288 cm³/mol. The van der Waals surface area contributed by atoms with E-state index in [9.17, 15) is 19.8 Å². The molecule has 3 aliphatic rings. The molecule has 372 valence electrons. The van der Waals surface area contributed by atoms with Crippen molar-refractivity contribution in [1.82, 2.24) is 20.4 Å². The molecule has 2 aliphatic heterocycles. The Morgan fingerprint density at radius 2 is 1.00 bits per heavy atom. The first-order chi connectivity index (χ1) is 34.8. The summed E-state index contributed by atoms with van der Waals surface area (Å²) in [5.74, 6) is -0.177. The maximum atomic E-state index is 13.2. The van der Waals surface area contributed by atoms with E-state index < -0.39 is 5.60 Å². The Bertz CT molecular complexity index is 2450. The molecule has 0 radical (unpaired) electrons. The van der Waals surface area contributed by atoms with Crippen molar-refractivity contribution in [3.05, 3.63) is 203 Å². The Hall–Kier alpha value is -6.30. The lowest BCUT2D eigenvalue weighted by molar-refractivity contribution is -0.136. The third kappa shape index (κ3) is 13.6. The molecule has 2 heterocycles. The number of anilines is 2. The Morgan fingerprint density at radius 3 is 1.51 bits per heavy atom. The van der Waals surface area contributed by atoms with Crippen molar-refractivity contribution < 1.29 is 19.8 Å². The van der Waals surface area contributed by atoms with E-state index in [-0.39, 0.29) is 23.8 Å². The van der Waals surface area contributed by atoms with Crippen LogP contribution >= 0.6 is 0 Å². The van der Waals surface area contributed by atoms with Gasteiger partial charge in [-0.1, -0.05) is 171 Å². The molecular weight excluding hydrogens is 881 g/mol. The van der Waals surface area contributed by atoms with Gasteiger partial charge >= 0.3 is 0 Å². The molecule has 0 aromatic heterocycles. The summed E-state index contributed by atoms with van der Waals surface area (Å²) in [6.45, 7) is 13.3. The van der Waals surface area contributed by atoms with Crippen molar-refractivity contribution >= 4 is 23.2 Å². The second-order valence-electron chi connectivity index (χ2n) is 19.3. The Balaban J connectivity index is 0.000000191. The van der Waals surface area contributed by atoms with Gasteiger partial charge in [0.05, 0.1) is 12.0 Å². The van der Waals surface area contributed by atoms with Crippen LogP contribution in [0.3, 0.4) is 0 Å². The summed E-state index contributed by atoms with van der Waals surface area (Å²) in [5, 5.41) is 28.4. The number of hydrogen-bond acceptors (Lipinski definition) is 8. The number of amides is 2. The number of nitrogens with one attached hydrogen (secondary N) is 2. The van der Waals surface area contributed by atoms with Crippen molar-refractivity contribution in [2.24, 2.45) is 5.92 Å². The van der Waals surface area contributed by atoms with Crippen LogP contribution in [-0.2, 0) is 21.6 Å². The van der Waals surface area contributed by atoms with Gasteiger partial charge in [0.15, 0.2) is 5.60 Å². The third-order valence-electron chi connectivity index (χ3n) is 14.4. The van der Waals surface area contributed by atoms with Gasteiger partial charge in [-0.2, -0.15) is 0 Å². The van der Waals surface area contributed by atoms with Crippen molar-refractivity contribution in [3.63, 3.8) is 0 Å². The van der Waals surface area contributed by atoms with E-state index in [1.807, 2.05) is 103 Å². The SMILES string of the molecule is CCCc1ccccc1N1CCN(CCCNC(=O)C(O)(c2ccccc2)c2ccccc2)CC1.O=C(NCCCN1CCN(c2ccccc2C(O)C2CC2)CC1)C(c1ccccc1)c1ccccc1. The lowest BCUT2D eigenvalue weighted by Gasteiger charge is -2.37. The van der Waals surface area contributed by atoms with Gasteiger partial charge in [-0.05, 0) is 91.1 Å². The van der Waals surface area contributed by atoms with E-state index in [2.05, 4.69) is 79.6 Å². The Morgan fingerprint density at radius 1 is 0.563 bits per heavy atom. The molecule has 3 fully saturated rings. The van der Waals surface area contributed by atoms with Gasteiger partial charge in [0.25, 0.3) is 5.91 Å². The van der Waals surface area contributed by atoms with E-state index in [1.54, 1.807) is 24.3 Å². The van der Waals surface area contributed by atoms with E-state index in [0.717, 1.165) is 121 Å². The summed E-state index contributed by atoms with van der Waals surface area (Å²) < 4.78 is 0. The molecule has 71 heavy (non-hydrogen) atoms. The molecule has 2 saturated heterocycles. The standard InChI is InChI=1S/C31H37N3O2.C30H37N3O2/c35-30(26-16-17-26)27-14-7-8-15-28(27)34-22-20-33(21-23-34)19-9-18-32-31(36)29(24-10-3-1-4-11-24)25-12-5-2-6-13-25;1-2-12-25-13-9-10-18-28(25)33-23-21-32(22-24-33)20-11-19-31-29(34)30(35,26-14-5-3-6-15-26)27-16-7-4-8-17-27/h1-8,10-15,26,29-30,35H,9,16-23H2,(H,32,36);3-10,13-18,35H,2,11-12,19-24H2,1H3,(H,31,34). The van der Waals surface area contributed by atoms with Gasteiger partial charge in [-0.15, -0.1) is 0 Å². The number of rotatable bonds is 20. The largest absolute Gasteiger partial charge is 0.388 e. The number of piperazine rings is 2. The van der Waals surface area contributed by atoms with Crippen LogP contribution < -0.4 is 20.4 Å². The normalized spacial score (nSPS) is 15.9. The highest BCUT2D eigenvalue weighted by Crippen LogP contribution is 2.43. The summed E-state index contributed by atoms with van der Waals surface area (Å²) in [5.41, 5.74) is 6.57. The molecule has 1 aliphatic carbocycles. The van der Waals surface area contributed by atoms with E-state index in [0.29, 0.717) is 30.1 Å².